The average Bonchev–Trinajstić information content (AvgIpc) is 2.13. The Hall–Kier alpha value is -1.12. The summed E-state index contributed by atoms with van der Waals surface area (Å²) >= 11 is 0. The molecule has 3 heteroatoms. The number of aliphatic hydroxyl groups excluding tert-OH is 1. The first kappa shape index (κ1) is 13.9. The minimum absolute atomic E-state index is 0.0169. The maximum Gasteiger partial charge on any atom is 0.168 e. The highest BCUT2D eigenvalue weighted by atomic mass is 16.3. The van der Waals surface area contributed by atoms with Gasteiger partial charge in [0.25, 0.3) is 0 Å². The number of nitrogens with zero attached hydrogens (tertiary/aromatic N) is 1. The first-order chi connectivity index (χ1) is 7.76. The number of hydrogen-bond acceptors (Lipinski definition) is 3. The fraction of sp³-hybridized carbons (Fsp3) is 0.714. The van der Waals surface area contributed by atoms with Crippen molar-refractivity contribution >= 4 is 11.5 Å². The molecular weight excluding hydrogens is 214 g/mol. The molecule has 0 aromatic carbocycles. The Morgan fingerprint density at radius 2 is 2.06 bits per heavy atom. The van der Waals surface area contributed by atoms with Crippen LogP contribution in [0.25, 0.3) is 0 Å². The van der Waals surface area contributed by atoms with Crippen molar-refractivity contribution in [2.45, 2.75) is 59.9 Å². The second-order valence-corrected chi connectivity index (χ2v) is 5.73. The highest BCUT2D eigenvalue weighted by Crippen LogP contribution is 2.36. The zero-order valence-corrected chi connectivity index (χ0v) is 11.5. The van der Waals surface area contributed by atoms with E-state index in [1.165, 1.54) is 0 Å². The molecule has 17 heavy (non-hydrogen) atoms. The Bertz CT molecular complexity index is 378. The Morgan fingerprint density at radius 1 is 1.47 bits per heavy atom. The van der Waals surface area contributed by atoms with E-state index in [9.17, 15) is 9.90 Å². The lowest BCUT2D eigenvalue weighted by atomic mass is 9.76. The van der Waals surface area contributed by atoms with Crippen molar-refractivity contribution < 1.29 is 9.90 Å². The van der Waals surface area contributed by atoms with Gasteiger partial charge in [-0.05, 0) is 25.7 Å². The smallest absolute Gasteiger partial charge is 0.168 e. The third-order valence-electron chi connectivity index (χ3n) is 3.22. The molecule has 3 nitrogen and oxygen atoms in total. The average molecular weight is 237 g/mol. The molecule has 1 rings (SSSR count). The van der Waals surface area contributed by atoms with Gasteiger partial charge in [-0.2, -0.15) is 0 Å². The van der Waals surface area contributed by atoms with Gasteiger partial charge in [0.1, 0.15) is 5.76 Å². The van der Waals surface area contributed by atoms with E-state index in [1.807, 2.05) is 27.7 Å². The number of Topliss-reactive ketones (excluding diaryl/α,β-unsaturated/α-hetero) is 1. The van der Waals surface area contributed by atoms with Crippen molar-refractivity contribution in [1.82, 2.24) is 0 Å². The molecule has 0 aromatic rings. The first-order valence-corrected chi connectivity index (χ1v) is 6.27. The molecule has 1 N–H and O–H groups in total. The van der Waals surface area contributed by atoms with Crippen molar-refractivity contribution in [3.05, 3.63) is 11.3 Å². The van der Waals surface area contributed by atoms with Crippen molar-refractivity contribution in [2.75, 3.05) is 0 Å². The number of ketones is 1. The summed E-state index contributed by atoms with van der Waals surface area (Å²) in [6.45, 7) is 9.88. The van der Waals surface area contributed by atoms with E-state index in [0.717, 1.165) is 6.42 Å². The van der Waals surface area contributed by atoms with Gasteiger partial charge >= 0.3 is 0 Å². The van der Waals surface area contributed by atoms with Crippen LogP contribution in [0.15, 0.2) is 16.3 Å². The zero-order chi connectivity index (χ0) is 13.2. The van der Waals surface area contributed by atoms with Crippen LogP contribution in [0, 0.1) is 5.41 Å². The lowest BCUT2D eigenvalue weighted by molar-refractivity contribution is -0.117. The molecule has 0 radical (unpaired) electrons. The highest BCUT2D eigenvalue weighted by molar-refractivity contribution is 6.22. The predicted molar refractivity (Wildman–Crippen MR) is 70.5 cm³/mol. The van der Waals surface area contributed by atoms with Crippen LogP contribution in [0.3, 0.4) is 0 Å². The van der Waals surface area contributed by atoms with Gasteiger partial charge < -0.3 is 5.11 Å². The topological polar surface area (TPSA) is 49.7 Å². The van der Waals surface area contributed by atoms with E-state index in [1.54, 1.807) is 0 Å². The standard InChI is InChI=1S/C14H23NO2/c1-6-9(2)15-10(3)13-11(16)7-14(4,5)8-12(13)17/h9,16H,6-8H2,1-5H3/t9-/m0/s1. The molecule has 96 valence electrons. The van der Waals surface area contributed by atoms with E-state index in [-0.39, 0.29) is 23.0 Å². The number of carbonyl (C=O) groups excluding carboxylic acids is 1. The molecule has 0 unspecified atom stereocenters. The Labute approximate surface area is 104 Å². The normalized spacial score (nSPS) is 22.9. The molecule has 0 fully saturated rings. The van der Waals surface area contributed by atoms with Gasteiger partial charge in [-0.15, -0.1) is 0 Å². The predicted octanol–water partition coefficient (Wildman–Crippen LogP) is 3.45. The fourth-order valence-electron chi connectivity index (χ4n) is 2.19. The van der Waals surface area contributed by atoms with E-state index in [2.05, 4.69) is 11.9 Å². The Kier molecular flexibility index (Phi) is 4.12. The molecule has 0 spiro atoms. The minimum Gasteiger partial charge on any atom is -0.511 e. The molecule has 0 heterocycles. The highest BCUT2D eigenvalue weighted by Gasteiger charge is 2.33. The number of hydrogen-bond donors (Lipinski definition) is 1. The van der Waals surface area contributed by atoms with E-state index >= 15 is 0 Å². The number of rotatable bonds is 3. The van der Waals surface area contributed by atoms with Crippen molar-refractivity contribution in [2.24, 2.45) is 10.4 Å². The molecule has 0 bridgehead atoms. The summed E-state index contributed by atoms with van der Waals surface area (Å²) in [4.78, 5) is 16.5. The summed E-state index contributed by atoms with van der Waals surface area (Å²) in [5.74, 6) is 0.221. The van der Waals surface area contributed by atoms with Gasteiger partial charge in [0.05, 0.1) is 5.57 Å². The summed E-state index contributed by atoms with van der Waals surface area (Å²) in [6, 6.07) is 0.193. The zero-order valence-electron chi connectivity index (χ0n) is 11.5. The second-order valence-electron chi connectivity index (χ2n) is 5.73. The van der Waals surface area contributed by atoms with Crippen molar-refractivity contribution in [3.63, 3.8) is 0 Å². The molecule has 0 saturated carbocycles. The molecule has 0 saturated heterocycles. The first-order valence-electron chi connectivity index (χ1n) is 6.27. The van der Waals surface area contributed by atoms with Crippen LogP contribution >= 0.6 is 0 Å². The van der Waals surface area contributed by atoms with Crippen LogP contribution in [-0.4, -0.2) is 22.6 Å². The maximum absolute atomic E-state index is 12.0. The van der Waals surface area contributed by atoms with Gasteiger partial charge in [-0.1, -0.05) is 20.8 Å². The molecule has 1 aliphatic rings. The van der Waals surface area contributed by atoms with Crippen molar-refractivity contribution in [3.8, 4) is 0 Å². The van der Waals surface area contributed by atoms with Crippen LogP contribution in [0.5, 0.6) is 0 Å². The molecule has 1 aliphatic carbocycles. The maximum atomic E-state index is 12.0. The largest absolute Gasteiger partial charge is 0.511 e. The van der Waals surface area contributed by atoms with Gasteiger partial charge in [0.15, 0.2) is 5.78 Å². The third kappa shape index (κ3) is 3.42. The molecule has 1 atom stereocenters. The number of aliphatic imine (C=N–C) groups is 1. The Morgan fingerprint density at radius 3 is 2.53 bits per heavy atom. The molecule has 0 aliphatic heterocycles. The van der Waals surface area contributed by atoms with Crippen LogP contribution in [-0.2, 0) is 4.79 Å². The second kappa shape index (κ2) is 5.03. The van der Waals surface area contributed by atoms with Crippen molar-refractivity contribution in [1.29, 1.82) is 0 Å². The monoisotopic (exact) mass is 237 g/mol. The lowest BCUT2D eigenvalue weighted by Gasteiger charge is -2.29. The minimum atomic E-state index is -0.138. The number of aliphatic hydroxyl groups is 1. The summed E-state index contributed by atoms with van der Waals surface area (Å²) in [5, 5.41) is 10.0. The number of allylic oxidation sites excluding steroid dienone is 2. The van der Waals surface area contributed by atoms with Crippen LogP contribution in [0.1, 0.15) is 53.9 Å². The van der Waals surface area contributed by atoms with Gasteiger partial charge in [0, 0.05) is 24.6 Å². The summed E-state index contributed by atoms with van der Waals surface area (Å²) in [7, 11) is 0. The van der Waals surface area contributed by atoms with Gasteiger partial charge in [0.2, 0.25) is 0 Å². The summed E-state index contributed by atoms with van der Waals surface area (Å²) in [6.07, 6.45) is 1.98. The van der Waals surface area contributed by atoms with Crippen LogP contribution in [0.4, 0.5) is 0 Å². The van der Waals surface area contributed by atoms with Gasteiger partial charge in [-0.25, -0.2) is 0 Å². The lowest BCUT2D eigenvalue weighted by Crippen LogP contribution is -2.28. The summed E-state index contributed by atoms with van der Waals surface area (Å²) in [5.41, 5.74) is 0.989. The van der Waals surface area contributed by atoms with Gasteiger partial charge in [-0.3, -0.25) is 9.79 Å². The molecule has 0 amide bonds. The quantitative estimate of drug-likeness (QED) is 0.764. The third-order valence-corrected chi connectivity index (χ3v) is 3.22. The fourth-order valence-corrected chi connectivity index (χ4v) is 2.19. The molecule has 0 aromatic heterocycles. The van der Waals surface area contributed by atoms with E-state index < -0.39 is 0 Å². The van der Waals surface area contributed by atoms with E-state index in [4.69, 9.17) is 0 Å². The number of carbonyl (C=O) groups is 1. The van der Waals surface area contributed by atoms with E-state index in [0.29, 0.717) is 24.1 Å². The van der Waals surface area contributed by atoms with Crippen LogP contribution in [0.2, 0.25) is 0 Å². The molecular formula is C14H23NO2. The summed E-state index contributed by atoms with van der Waals surface area (Å²) < 4.78 is 0. The SMILES string of the molecule is CC[C@H](C)N=C(C)C1=C(O)CC(C)(C)CC1=O. The van der Waals surface area contributed by atoms with Crippen LogP contribution < -0.4 is 0 Å². The Balaban J connectivity index is 3.05.